The molecule has 132 valence electrons. The molecule has 4 rings (SSSR count). The third-order valence-corrected chi connectivity index (χ3v) is 4.32. The minimum absolute atomic E-state index is 0.160. The Labute approximate surface area is 155 Å². The van der Waals surface area contributed by atoms with Gasteiger partial charge in [0.15, 0.2) is 5.43 Å². The van der Waals surface area contributed by atoms with E-state index in [1.54, 1.807) is 36.5 Å². The van der Waals surface area contributed by atoms with Gasteiger partial charge < -0.3 is 9.73 Å². The molecule has 0 saturated carbocycles. The molecule has 5 nitrogen and oxygen atoms in total. The van der Waals surface area contributed by atoms with E-state index in [0.717, 1.165) is 11.1 Å². The first kappa shape index (κ1) is 16.7. The molecule has 0 aliphatic carbocycles. The Kier molecular flexibility index (Phi) is 4.26. The predicted octanol–water partition coefficient (Wildman–Crippen LogP) is 4.42. The molecule has 0 atom stereocenters. The fourth-order valence-corrected chi connectivity index (χ4v) is 2.92. The van der Waals surface area contributed by atoms with Crippen LogP contribution in [0.15, 0.2) is 82.3 Å². The van der Waals surface area contributed by atoms with E-state index in [-0.39, 0.29) is 11.3 Å². The molecule has 0 unspecified atom stereocenters. The standard InChI is InChI=1S/C22H16N2O3/c1-14-5-2-3-7-17(14)21-12-19(25)18-11-16(8-9-20(18)27-21)24-22(26)15-6-4-10-23-13-15/h2-13H,1H3,(H,24,26). The third-order valence-electron chi connectivity index (χ3n) is 4.32. The van der Waals surface area contributed by atoms with Crippen LogP contribution in [0.4, 0.5) is 5.69 Å². The number of fused-ring (bicyclic) bond motifs is 1. The zero-order valence-electron chi connectivity index (χ0n) is 14.6. The SMILES string of the molecule is Cc1ccccc1-c1cc(=O)c2cc(NC(=O)c3cccnc3)ccc2o1. The molecular formula is C22H16N2O3. The number of carbonyl (C=O) groups is 1. The van der Waals surface area contributed by atoms with Crippen LogP contribution in [0.2, 0.25) is 0 Å². The third kappa shape index (κ3) is 3.35. The van der Waals surface area contributed by atoms with Crippen molar-refractivity contribution in [2.75, 3.05) is 5.32 Å². The first-order chi connectivity index (χ1) is 13.1. The summed E-state index contributed by atoms with van der Waals surface area (Å²) < 4.78 is 5.93. The Bertz CT molecular complexity index is 1200. The largest absolute Gasteiger partial charge is 0.456 e. The number of nitrogens with zero attached hydrogens (tertiary/aromatic N) is 1. The second kappa shape index (κ2) is 6.88. The lowest BCUT2D eigenvalue weighted by molar-refractivity contribution is 0.102. The van der Waals surface area contributed by atoms with Crippen molar-refractivity contribution in [1.82, 2.24) is 4.98 Å². The Morgan fingerprint density at radius 1 is 1.04 bits per heavy atom. The van der Waals surface area contributed by atoms with E-state index in [4.69, 9.17) is 4.42 Å². The number of rotatable bonds is 3. The molecule has 5 heteroatoms. The molecule has 0 spiro atoms. The van der Waals surface area contributed by atoms with Crippen LogP contribution < -0.4 is 10.7 Å². The van der Waals surface area contributed by atoms with Crippen molar-refractivity contribution < 1.29 is 9.21 Å². The van der Waals surface area contributed by atoms with Crippen LogP contribution in [0.25, 0.3) is 22.3 Å². The highest BCUT2D eigenvalue weighted by Crippen LogP contribution is 2.26. The van der Waals surface area contributed by atoms with Crippen molar-refractivity contribution in [3.8, 4) is 11.3 Å². The van der Waals surface area contributed by atoms with Gasteiger partial charge in [-0.25, -0.2) is 0 Å². The number of pyridine rings is 1. The van der Waals surface area contributed by atoms with Gasteiger partial charge in [-0.05, 0) is 42.8 Å². The highest BCUT2D eigenvalue weighted by molar-refractivity contribution is 6.04. The number of aryl methyl sites for hydroxylation is 1. The first-order valence-corrected chi connectivity index (χ1v) is 8.47. The molecule has 0 bridgehead atoms. The molecular weight excluding hydrogens is 340 g/mol. The lowest BCUT2D eigenvalue weighted by Crippen LogP contribution is -2.12. The quantitative estimate of drug-likeness (QED) is 0.590. The number of hydrogen-bond acceptors (Lipinski definition) is 4. The monoisotopic (exact) mass is 356 g/mol. The Morgan fingerprint density at radius 3 is 2.67 bits per heavy atom. The van der Waals surface area contributed by atoms with Gasteiger partial charge in [0.05, 0.1) is 10.9 Å². The minimum atomic E-state index is -0.289. The highest BCUT2D eigenvalue weighted by Gasteiger charge is 2.11. The first-order valence-electron chi connectivity index (χ1n) is 8.47. The summed E-state index contributed by atoms with van der Waals surface area (Å²) in [5.41, 5.74) is 3.18. The molecule has 0 saturated heterocycles. The number of benzene rings is 2. The van der Waals surface area contributed by atoms with Crippen LogP contribution in [0.5, 0.6) is 0 Å². The van der Waals surface area contributed by atoms with Gasteiger partial charge in [-0.2, -0.15) is 0 Å². The van der Waals surface area contributed by atoms with Crippen LogP contribution >= 0.6 is 0 Å². The average molecular weight is 356 g/mol. The molecule has 0 aliphatic rings. The molecule has 2 heterocycles. The summed E-state index contributed by atoms with van der Waals surface area (Å²) in [6.07, 6.45) is 3.09. The summed E-state index contributed by atoms with van der Waals surface area (Å²) in [7, 11) is 0. The van der Waals surface area contributed by atoms with Crippen LogP contribution in [0, 0.1) is 6.92 Å². The van der Waals surface area contributed by atoms with Crippen LogP contribution in [-0.2, 0) is 0 Å². The van der Waals surface area contributed by atoms with Gasteiger partial charge in [-0.15, -0.1) is 0 Å². The smallest absolute Gasteiger partial charge is 0.257 e. The maximum atomic E-state index is 12.6. The molecule has 1 N–H and O–H groups in total. The maximum Gasteiger partial charge on any atom is 0.257 e. The summed E-state index contributed by atoms with van der Waals surface area (Å²) in [5, 5.41) is 3.19. The topological polar surface area (TPSA) is 72.2 Å². The van der Waals surface area contributed by atoms with E-state index in [2.05, 4.69) is 10.3 Å². The summed E-state index contributed by atoms with van der Waals surface area (Å²) in [6.45, 7) is 1.97. The lowest BCUT2D eigenvalue weighted by atomic mass is 10.1. The Balaban J connectivity index is 1.71. The zero-order chi connectivity index (χ0) is 18.8. The number of carbonyl (C=O) groups excluding carboxylic acids is 1. The normalized spacial score (nSPS) is 10.7. The van der Waals surface area contributed by atoms with Crippen molar-refractivity contribution in [3.63, 3.8) is 0 Å². The number of anilines is 1. The van der Waals surface area contributed by atoms with Crippen LogP contribution in [0.3, 0.4) is 0 Å². The van der Waals surface area contributed by atoms with Gasteiger partial charge in [-0.3, -0.25) is 14.6 Å². The molecule has 2 aromatic carbocycles. The fraction of sp³-hybridized carbons (Fsp3) is 0.0455. The molecule has 0 radical (unpaired) electrons. The molecule has 2 aromatic heterocycles. The Hall–Kier alpha value is -3.73. The summed E-state index contributed by atoms with van der Waals surface area (Å²) >= 11 is 0. The van der Waals surface area contributed by atoms with E-state index in [1.165, 1.54) is 12.3 Å². The highest BCUT2D eigenvalue weighted by atomic mass is 16.3. The van der Waals surface area contributed by atoms with Crippen molar-refractivity contribution in [2.45, 2.75) is 6.92 Å². The number of amides is 1. The van der Waals surface area contributed by atoms with Crippen LogP contribution in [-0.4, -0.2) is 10.9 Å². The number of hydrogen-bond donors (Lipinski definition) is 1. The van der Waals surface area contributed by atoms with Crippen LogP contribution in [0.1, 0.15) is 15.9 Å². The van der Waals surface area contributed by atoms with Crippen molar-refractivity contribution in [1.29, 1.82) is 0 Å². The van der Waals surface area contributed by atoms with E-state index in [0.29, 0.717) is 28.0 Å². The lowest BCUT2D eigenvalue weighted by Gasteiger charge is -2.08. The van der Waals surface area contributed by atoms with E-state index in [1.807, 2.05) is 31.2 Å². The number of nitrogens with one attached hydrogen (secondary N) is 1. The van der Waals surface area contributed by atoms with Gasteiger partial charge in [0, 0.05) is 29.7 Å². The van der Waals surface area contributed by atoms with E-state index >= 15 is 0 Å². The molecule has 1 amide bonds. The van der Waals surface area contributed by atoms with Gasteiger partial charge in [0.2, 0.25) is 0 Å². The second-order valence-corrected chi connectivity index (χ2v) is 6.20. The predicted molar refractivity (Wildman–Crippen MR) is 105 cm³/mol. The van der Waals surface area contributed by atoms with Gasteiger partial charge in [-0.1, -0.05) is 24.3 Å². The summed E-state index contributed by atoms with van der Waals surface area (Å²) in [4.78, 5) is 28.8. The molecule has 27 heavy (non-hydrogen) atoms. The summed E-state index contributed by atoms with van der Waals surface area (Å²) in [6, 6.07) is 17.6. The van der Waals surface area contributed by atoms with Gasteiger partial charge >= 0.3 is 0 Å². The van der Waals surface area contributed by atoms with Crippen molar-refractivity contribution in [2.24, 2.45) is 0 Å². The minimum Gasteiger partial charge on any atom is -0.456 e. The fourth-order valence-electron chi connectivity index (χ4n) is 2.92. The van der Waals surface area contributed by atoms with E-state index < -0.39 is 0 Å². The molecule has 0 fully saturated rings. The summed E-state index contributed by atoms with van der Waals surface area (Å²) in [5.74, 6) is 0.237. The molecule has 0 aliphatic heterocycles. The van der Waals surface area contributed by atoms with Gasteiger partial charge in [0.25, 0.3) is 5.91 Å². The number of aromatic nitrogens is 1. The second-order valence-electron chi connectivity index (χ2n) is 6.20. The van der Waals surface area contributed by atoms with E-state index in [9.17, 15) is 9.59 Å². The Morgan fingerprint density at radius 2 is 1.89 bits per heavy atom. The van der Waals surface area contributed by atoms with Gasteiger partial charge in [0.1, 0.15) is 11.3 Å². The molecule has 4 aromatic rings. The average Bonchev–Trinajstić information content (AvgIpc) is 2.69. The van der Waals surface area contributed by atoms with Crippen molar-refractivity contribution in [3.05, 3.63) is 94.4 Å². The maximum absolute atomic E-state index is 12.6. The zero-order valence-corrected chi connectivity index (χ0v) is 14.6. The van der Waals surface area contributed by atoms with Crippen molar-refractivity contribution >= 4 is 22.6 Å².